The van der Waals surface area contributed by atoms with Gasteiger partial charge in [0.05, 0.1) is 13.2 Å². The second-order valence-electron chi connectivity index (χ2n) is 3.11. The number of rotatable bonds is 3. The van der Waals surface area contributed by atoms with Crippen LogP contribution in [-0.2, 0) is 19.2 Å². The van der Waals surface area contributed by atoms with Gasteiger partial charge in [0.2, 0.25) is 0 Å². The Morgan fingerprint density at radius 3 is 2.43 bits per heavy atom. The Bertz CT molecular complexity index is 234. The Morgan fingerprint density at radius 1 is 1.29 bits per heavy atom. The molecule has 0 aromatic carbocycles. The van der Waals surface area contributed by atoms with Crippen molar-refractivity contribution in [2.75, 3.05) is 13.2 Å². The summed E-state index contributed by atoms with van der Waals surface area (Å²) in [5.74, 6) is 0. The lowest BCUT2D eigenvalue weighted by molar-refractivity contribution is -0.769. The lowest BCUT2D eigenvalue weighted by atomic mass is 10.1. The van der Waals surface area contributed by atoms with E-state index >= 15 is 0 Å². The predicted octanol–water partition coefficient (Wildman–Crippen LogP) is -0.781. The van der Waals surface area contributed by atoms with Crippen LogP contribution < -0.4 is 0 Å². The minimum Gasteiger partial charge on any atom is -0.370 e. The van der Waals surface area contributed by atoms with Crippen LogP contribution in [0.5, 0.6) is 0 Å². The third-order valence-corrected chi connectivity index (χ3v) is 2.32. The molecule has 0 unspecified atom stereocenters. The maximum Gasteiger partial charge on any atom is 0.294 e. The molecular weight excluding hydrogens is 198 g/mol. The zero-order chi connectivity index (χ0) is 10.1. The van der Waals surface area contributed by atoms with E-state index < -0.39 is 29.5 Å². The summed E-state index contributed by atoms with van der Waals surface area (Å²) in [5.41, 5.74) is 0. The van der Waals surface area contributed by atoms with Gasteiger partial charge in [-0.15, -0.1) is 10.1 Å². The van der Waals surface area contributed by atoms with E-state index in [0.29, 0.717) is 0 Å². The molecule has 2 rings (SSSR count). The summed E-state index contributed by atoms with van der Waals surface area (Å²) in [5, 5.41) is 17.7. The van der Waals surface area contributed by atoms with Gasteiger partial charge in [-0.1, -0.05) is 0 Å². The fourth-order valence-corrected chi connectivity index (χ4v) is 1.72. The van der Waals surface area contributed by atoms with E-state index in [2.05, 4.69) is 9.73 Å². The van der Waals surface area contributed by atoms with Crippen molar-refractivity contribution in [1.29, 1.82) is 0 Å². The molecule has 14 heavy (non-hydrogen) atoms. The second-order valence-corrected chi connectivity index (χ2v) is 3.11. The SMILES string of the molecule is O=[N+]([O-])O[C@H]1CO[C@H]2[C@@H]1OC[C@H]2OO. The van der Waals surface area contributed by atoms with E-state index in [1.807, 2.05) is 0 Å². The molecule has 2 aliphatic heterocycles. The Morgan fingerprint density at radius 2 is 1.86 bits per heavy atom. The minimum atomic E-state index is -0.882. The van der Waals surface area contributed by atoms with Crippen molar-refractivity contribution in [1.82, 2.24) is 0 Å². The predicted molar refractivity (Wildman–Crippen MR) is 38.8 cm³/mol. The monoisotopic (exact) mass is 207 g/mol. The molecule has 2 saturated heterocycles. The van der Waals surface area contributed by atoms with Gasteiger partial charge in [-0.3, -0.25) is 5.26 Å². The molecule has 0 aliphatic carbocycles. The normalized spacial score (nSPS) is 40.9. The molecule has 0 radical (unpaired) electrons. The lowest BCUT2D eigenvalue weighted by Crippen LogP contribution is -2.34. The molecule has 80 valence electrons. The number of ether oxygens (including phenoxy) is 2. The van der Waals surface area contributed by atoms with Gasteiger partial charge < -0.3 is 14.3 Å². The number of fused-ring (bicyclic) bond motifs is 1. The zero-order valence-electron chi connectivity index (χ0n) is 7.07. The Hall–Kier alpha value is -0.960. The van der Waals surface area contributed by atoms with Crippen molar-refractivity contribution < 1.29 is 29.5 Å². The summed E-state index contributed by atoms with van der Waals surface area (Å²) < 4.78 is 10.3. The average Bonchev–Trinajstić information content (AvgIpc) is 2.67. The maximum absolute atomic E-state index is 10.1. The van der Waals surface area contributed by atoms with Crippen molar-refractivity contribution in [2.24, 2.45) is 0 Å². The van der Waals surface area contributed by atoms with Crippen LogP contribution >= 0.6 is 0 Å². The fourth-order valence-electron chi connectivity index (χ4n) is 1.72. The molecule has 8 heteroatoms. The van der Waals surface area contributed by atoms with E-state index in [0.717, 1.165) is 0 Å². The zero-order valence-corrected chi connectivity index (χ0v) is 7.07. The van der Waals surface area contributed by atoms with Gasteiger partial charge >= 0.3 is 0 Å². The van der Waals surface area contributed by atoms with E-state index in [9.17, 15) is 10.1 Å². The molecular formula is C6H9NO7. The first kappa shape index (κ1) is 9.59. The number of hydrogen-bond donors (Lipinski definition) is 1. The van der Waals surface area contributed by atoms with Gasteiger partial charge in [0.1, 0.15) is 18.3 Å². The van der Waals surface area contributed by atoms with Crippen molar-refractivity contribution in [3.63, 3.8) is 0 Å². The summed E-state index contributed by atoms with van der Waals surface area (Å²) in [7, 11) is 0. The third-order valence-electron chi connectivity index (χ3n) is 2.32. The van der Waals surface area contributed by atoms with E-state index in [-0.39, 0.29) is 13.2 Å². The summed E-state index contributed by atoms with van der Waals surface area (Å²) >= 11 is 0. The maximum atomic E-state index is 10.1. The van der Waals surface area contributed by atoms with Crippen molar-refractivity contribution in [3.8, 4) is 0 Å². The average molecular weight is 207 g/mol. The molecule has 0 spiro atoms. The van der Waals surface area contributed by atoms with Crippen molar-refractivity contribution >= 4 is 0 Å². The molecule has 2 heterocycles. The first-order chi connectivity index (χ1) is 6.72. The Balaban J connectivity index is 1.97. The summed E-state index contributed by atoms with van der Waals surface area (Å²) in [6.45, 7) is 0.208. The standard InChI is InChI=1S/C6H9NO7/c8-7(9)13-3-1-11-6-4(14-10)2-12-5(3)6/h3-6,10H,1-2H2/t3-,4+,5+,6+/m0/s1. The highest BCUT2D eigenvalue weighted by Crippen LogP contribution is 2.29. The van der Waals surface area contributed by atoms with Crippen molar-refractivity contribution in [2.45, 2.75) is 24.4 Å². The molecule has 0 bridgehead atoms. The topological polar surface area (TPSA) is 100 Å². The summed E-state index contributed by atoms with van der Waals surface area (Å²) in [6, 6.07) is 0. The molecule has 4 atom stereocenters. The molecule has 0 aromatic rings. The highest BCUT2D eigenvalue weighted by atomic mass is 17.1. The van der Waals surface area contributed by atoms with Gasteiger partial charge in [0.15, 0.2) is 6.10 Å². The van der Waals surface area contributed by atoms with Gasteiger partial charge in [-0.25, -0.2) is 4.89 Å². The fraction of sp³-hybridized carbons (Fsp3) is 1.00. The van der Waals surface area contributed by atoms with Crippen LogP contribution in [0, 0.1) is 10.1 Å². The first-order valence-corrected chi connectivity index (χ1v) is 4.07. The highest BCUT2D eigenvalue weighted by Gasteiger charge is 2.50. The number of hydrogen-bond acceptors (Lipinski definition) is 7. The molecule has 0 saturated carbocycles. The minimum absolute atomic E-state index is 0.0656. The van der Waals surface area contributed by atoms with Crippen LogP contribution in [0.3, 0.4) is 0 Å². The second kappa shape index (κ2) is 3.65. The van der Waals surface area contributed by atoms with Crippen LogP contribution in [0.2, 0.25) is 0 Å². The molecule has 1 N–H and O–H groups in total. The Kier molecular flexibility index (Phi) is 2.50. The van der Waals surface area contributed by atoms with Crippen LogP contribution in [0.15, 0.2) is 0 Å². The third kappa shape index (κ3) is 1.52. The van der Waals surface area contributed by atoms with Crippen LogP contribution in [0.1, 0.15) is 0 Å². The summed E-state index contributed by atoms with van der Waals surface area (Å²) in [4.78, 5) is 18.5. The molecule has 0 aromatic heterocycles. The van der Waals surface area contributed by atoms with E-state index in [1.54, 1.807) is 0 Å². The van der Waals surface area contributed by atoms with E-state index in [4.69, 9.17) is 14.7 Å². The summed E-state index contributed by atoms with van der Waals surface area (Å²) in [6.07, 6.45) is -2.38. The Labute approximate surface area is 78.3 Å². The lowest BCUT2D eigenvalue weighted by Gasteiger charge is -2.13. The quantitative estimate of drug-likeness (QED) is 0.368. The molecule has 0 amide bonds. The van der Waals surface area contributed by atoms with Crippen LogP contribution in [0.4, 0.5) is 0 Å². The molecule has 2 aliphatic rings. The van der Waals surface area contributed by atoms with Crippen LogP contribution in [0.25, 0.3) is 0 Å². The van der Waals surface area contributed by atoms with Gasteiger partial charge in [0.25, 0.3) is 5.09 Å². The molecule has 2 fully saturated rings. The smallest absolute Gasteiger partial charge is 0.294 e. The van der Waals surface area contributed by atoms with Gasteiger partial charge in [-0.2, -0.15) is 0 Å². The van der Waals surface area contributed by atoms with Crippen molar-refractivity contribution in [3.05, 3.63) is 10.1 Å². The largest absolute Gasteiger partial charge is 0.370 e. The van der Waals surface area contributed by atoms with Gasteiger partial charge in [0, 0.05) is 0 Å². The van der Waals surface area contributed by atoms with Gasteiger partial charge in [-0.05, 0) is 0 Å². The first-order valence-electron chi connectivity index (χ1n) is 4.07. The highest BCUT2D eigenvalue weighted by molar-refractivity contribution is 4.94. The number of nitrogens with zero attached hydrogens (tertiary/aromatic N) is 1. The van der Waals surface area contributed by atoms with Crippen LogP contribution in [-0.4, -0.2) is 48.0 Å². The van der Waals surface area contributed by atoms with E-state index in [1.165, 1.54) is 0 Å². The molecule has 8 nitrogen and oxygen atoms in total.